The van der Waals surface area contributed by atoms with Gasteiger partial charge in [0.2, 0.25) is 0 Å². The maximum atomic E-state index is 12.8. The highest BCUT2D eigenvalue weighted by Crippen LogP contribution is 2.36. The van der Waals surface area contributed by atoms with E-state index in [1.165, 1.54) is 6.92 Å². The van der Waals surface area contributed by atoms with Gasteiger partial charge in [-0.05, 0) is 22.3 Å². The summed E-state index contributed by atoms with van der Waals surface area (Å²) in [4.78, 5) is 50.1. The minimum absolute atomic E-state index is 0.0629. The standard InChI is InChI=1S/C48H54O15/c1-31(49)54-30-40-42(58-32(2)50)44(59-33(3)51)46(60-34(4)52)48(62-40)63-41-39(29-53-25-35-17-9-5-10-18-35)61-47(57-28-38-23-15-8-16-24-38)45(56-27-37-21-13-7-14-22-37)43(41)55-26-36-19-11-6-12-20-36/h5-24,39-48H,25-30H2,1-4H3/t39-,40-,41-,42+,43+,44+,45-,46-,47+,48+/m1/s1. The molecule has 0 radical (unpaired) electrons. The van der Waals surface area contributed by atoms with Gasteiger partial charge in [-0.2, -0.15) is 0 Å². The molecule has 2 aliphatic heterocycles. The first kappa shape index (κ1) is 47.0. The molecule has 4 aromatic carbocycles. The Kier molecular flexibility index (Phi) is 17.7. The van der Waals surface area contributed by atoms with Crippen molar-refractivity contribution in [2.45, 2.75) is 116 Å². The van der Waals surface area contributed by atoms with Crippen LogP contribution in [0.3, 0.4) is 0 Å². The van der Waals surface area contributed by atoms with Gasteiger partial charge in [-0.25, -0.2) is 0 Å². The lowest BCUT2D eigenvalue weighted by Gasteiger charge is -2.49. The van der Waals surface area contributed by atoms with E-state index in [0.717, 1.165) is 43.0 Å². The van der Waals surface area contributed by atoms with Gasteiger partial charge in [-0.15, -0.1) is 0 Å². The van der Waals surface area contributed by atoms with Crippen molar-refractivity contribution in [3.05, 3.63) is 144 Å². The first-order valence-electron chi connectivity index (χ1n) is 20.7. The second-order valence-electron chi connectivity index (χ2n) is 15.0. The molecule has 15 nitrogen and oxygen atoms in total. The van der Waals surface area contributed by atoms with Gasteiger partial charge < -0.3 is 52.1 Å². The van der Waals surface area contributed by atoms with Gasteiger partial charge >= 0.3 is 23.9 Å². The average Bonchev–Trinajstić information content (AvgIpc) is 3.27. The zero-order valence-corrected chi connectivity index (χ0v) is 35.7. The summed E-state index contributed by atoms with van der Waals surface area (Å²) in [6, 6.07) is 38.2. The summed E-state index contributed by atoms with van der Waals surface area (Å²) in [6.45, 7) is 4.74. The summed E-state index contributed by atoms with van der Waals surface area (Å²) in [5.74, 6) is -2.99. The van der Waals surface area contributed by atoms with Gasteiger partial charge in [0.15, 0.2) is 30.9 Å². The molecular formula is C48H54O15. The Morgan fingerprint density at radius 3 is 1.32 bits per heavy atom. The van der Waals surface area contributed by atoms with Crippen LogP contribution in [-0.4, -0.2) is 98.5 Å². The molecule has 2 saturated heterocycles. The van der Waals surface area contributed by atoms with Crippen molar-refractivity contribution in [2.75, 3.05) is 13.2 Å². The number of carbonyl (C=O) groups is 4. The molecule has 0 saturated carbocycles. The lowest BCUT2D eigenvalue weighted by Crippen LogP contribution is -2.67. The van der Waals surface area contributed by atoms with Crippen LogP contribution in [0, 0.1) is 0 Å². The Hall–Kier alpha value is -5.52. The largest absolute Gasteiger partial charge is 0.463 e. The third kappa shape index (κ3) is 14.2. The Balaban J connectivity index is 1.43. The maximum absolute atomic E-state index is 12.8. The molecule has 0 aromatic heterocycles. The molecule has 0 bridgehead atoms. The van der Waals surface area contributed by atoms with Crippen LogP contribution in [0.25, 0.3) is 0 Å². The van der Waals surface area contributed by atoms with Crippen molar-refractivity contribution < 1.29 is 71.3 Å². The molecule has 6 rings (SSSR count). The number of ether oxygens (including phenoxy) is 11. The quantitative estimate of drug-likeness (QED) is 0.0773. The number of hydrogen-bond acceptors (Lipinski definition) is 15. The van der Waals surface area contributed by atoms with E-state index in [9.17, 15) is 19.2 Å². The Bertz CT molecular complexity index is 2020. The van der Waals surface area contributed by atoms with Gasteiger partial charge in [-0.3, -0.25) is 19.2 Å². The molecule has 15 heteroatoms. The highest BCUT2D eigenvalue weighted by atomic mass is 16.8. The monoisotopic (exact) mass is 870 g/mol. The Labute approximate surface area is 366 Å². The van der Waals surface area contributed by atoms with Crippen LogP contribution in [0.4, 0.5) is 0 Å². The lowest BCUT2D eigenvalue weighted by molar-refractivity contribution is -0.370. The summed E-state index contributed by atoms with van der Waals surface area (Å²) in [5.41, 5.74) is 3.50. The van der Waals surface area contributed by atoms with E-state index in [4.69, 9.17) is 52.1 Å². The third-order valence-electron chi connectivity index (χ3n) is 10.1. The second kappa shape index (κ2) is 23.8. The smallest absolute Gasteiger partial charge is 0.303 e. The van der Waals surface area contributed by atoms with Crippen molar-refractivity contribution in [1.29, 1.82) is 0 Å². The minimum atomic E-state index is -1.57. The van der Waals surface area contributed by atoms with Crippen LogP contribution in [0.5, 0.6) is 0 Å². The van der Waals surface area contributed by atoms with E-state index in [1.807, 2.05) is 121 Å². The second-order valence-corrected chi connectivity index (χ2v) is 15.0. The summed E-state index contributed by atoms with van der Waals surface area (Å²) in [7, 11) is 0. The first-order valence-corrected chi connectivity index (χ1v) is 20.7. The molecule has 0 spiro atoms. The molecule has 2 aliphatic rings. The third-order valence-corrected chi connectivity index (χ3v) is 10.1. The highest BCUT2D eigenvalue weighted by Gasteiger charge is 2.56. The van der Waals surface area contributed by atoms with Crippen molar-refractivity contribution in [3.63, 3.8) is 0 Å². The molecule has 4 aromatic rings. The average molecular weight is 871 g/mol. The first-order chi connectivity index (χ1) is 30.5. The minimum Gasteiger partial charge on any atom is -0.463 e. The summed E-state index contributed by atoms with van der Waals surface area (Å²) in [5, 5.41) is 0. The van der Waals surface area contributed by atoms with Crippen molar-refractivity contribution in [3.8, 4) is 0 Å². The van der Waals surface area contributed by atoms with Crippen LogP contribution >= 0.6 is 0 Å². The van der Waals surface area contributed by atoms with E-state index in [0.29, 0.717) is 0 Å². The number of rotatable bonds is 20. The van der Waals surface area contributed by atoms with E-state index in [2.05, 4.69) is 0 Å². The predicted molar refractivity (Wildman–Crippen MR) is 223 cm³/mol. The van der Waals surface area contributed by atoms with Crippen LogP contribution in [0.2, 0.25) is 0 Å². The molecule has 10 atom stereocenters. The van der Waals surface area contributed by atoms with Crippen LogP contribution in [-0.2, 0) is 97.7 Å². The van der Waals surface area contributed by atoms with Crippen LogP contribution < -0.4 is 0 Å². The normalized spacial score (nSPS) is 25.7. The topological polar surface area (TPSA) is 170 Å². The molecule has 2 fully saturated rings. The number of esters is 4. The Morgan fingerprint density at radius 1 is 0.413 bits per heavy atom. The highest BCUT2D eigenvalue weighted by molar-refractivity contribution is 5.68. The molecule has 0 amide bonds. The fourth-order valence-corrected chi connectivity index (χ4v) is 7.28. The van der Waals surface area contributed by atoms with Gasteiger partial charge in [0.1, 0.15) is 37.1 Å². The zero-order valence-electron chi connectivity index (χ0n) is 35.7. The van der Waals surface area contributed by atoms with Gasteiger partial charge in [0.25, 0.3) is 0 Å². The lowest BCUT2D eigenvalue weighted by atomic mass is 9.95. The summed E-state index contributed by atoms with van der Waals surface area (Å²) in [6.07, 6.45) is -12.4. The van der Waals surface area contributed by atoms with E-state index < -0.39 is 91.9 Å². The summed E-state index contributed by atoms with van der Waals surface area (Å²) >= 11 is 0. The van der Waals surface area contributed by atoms with Gasteiger partial charge in [0, 0.05) is 27.7 Å². The summed E-state index contributed by atoms with van der Waals surface area (Å²) < 4.78 is 69.0. The van der Waals surface area contributed by atoms with Gasteiger partial charge in [-0.1, -0.05) is 121 Å². The number of benzene rings is 4. The SMILES string of the molecule is CC(=O)OC[C@H]1O[C@@H](O[C@H]2[C@H](OCc3ccccc3)[C@@H](OCc3ccccc3)[C@@H](OCc3ccccc3)O[C@@H]2COCc2ccccc2)[C@H](OC(C)=O)[C@@H](OC(C)=O)[C@H]1OC(C)=O. The Morgan fingerprint density at radius 2 is 0.825 bits per heavy atom. The number of carbonyl (C=O) groups excluding carboxylic acids is 4. The van der Waals surface area contributed by atoms with E-state index in [-0.39, 0.29) is 33.0 Å². The molecule has 0 unspecified atom stereocenters. The zero-order chi connectivity index (χ0) is 44.6. The van der Waals surface area contributed by atoms with Gasteiger partial charge in [0.05, 0.1) is 33.0 Å². The van der Waals surface area contributed by atoms with Crippen molar-refractivity contribution in [2.24, 2.45) is 0 Å². The van der Waals surface area contributed by atoms with Crippen LogP contribution in [0.1, 0.15) is 49.9 Å². The van der Waals surface area contributed by atoms with E-state index >= 15 is 0 Å². The molecule has 0 aliphatic carbocycles. The fraction of sp³-hybridized carbons (Fsp3) is 0.417. The van der Waals surface area contributed by atoms with Crippen LogP contribution in [0.15, 0.2) is 121 Å². The maximum Gasteiger partial charge on any atom is 0.303 e. The van der Waals surface area contributed by atoms with E-state index in [1.54, 1.807) is 0 Å². The molecular weight excluding hydrogens is 817 g/mol. The fourth-order valence-electron chi connectivity index (χ4n) is 7.28. The molecule has 336 valence electrons. The molecule has 63 heavy (non-hydrogen) atoms. The predicted octanol–water partition coefficient (Wildman–Crippen LogP) is 5.78. The number of hydrogen-bond donors (Lipinski definition) is 0. The van der Waals surface area contributed by atoms with Crippen molar-refractivity contribution in [1.82, 2.24) is 0 Å². The van der Waals surface area contributed by atoms with Crippen molar-refractivity contribution >= 4 is 23.9 Å². The molecule has 0 N–H and O–H groups in total. The molecule has 2 heterocycles.